The molecule has 1 aliphatic heterocycles. The Morgan fingerprint density at radius 2 is 1.65 bits per heavy atom. The number of halogens is 1. The van der Waals surface area contributed by atoms with E-state index in [4.69, 9.17) is 11.6 Å². The molecule has 6 nitrogen and oxygen atoms in total. The highest BCUT2D eigenvalue weighted by atomic mass is 35.5. The van der Waals surface area contributed by atoms with E-state index >= 15 is 0 Å². The molecule has 164 valence electrons. The van der Waals surface area contributed by atoms with Crippen LogP contribution in [0.25, 0.3) is 0 Å². The van der Waals surface area contributed by atoms with Crippen molar-refractivity contribution in [3.05, 3.63) is 64.7 Å². The monoisotopic (exact) mass is 441 g/mol. The highest BCUT2D eigenvalue weighted by molar-refractivity contribution is 6.30. The van der Waals surface area contributed by atoms with Gasteiger partial charge in [0.1, 0.15) is 0 Å². The second kappa shape index (κ2) is 10.4. The summed E-state index contributed by atoms with van der Waals surface area (Å²) in [6, 6.07) is 13.6. The molecule has 7 heteroatoms. The number of carbonyl (C=O) groups is 3. The summed E-state index contributed by atoms with van der Waals surface area (Å²) >= 11 is 5.83. The van der Waals surface area contributed by atoms with Gasteiger partial charge in [-0.3, -0.25) is 14.4 Å². The van der Waals surface area contributed by atoms with Gasteiger partial charge in [-0.1, -0.05) is 37.6 Å². The second-order valence-corrected chi connectivity index (χ2v) is 8.70. The number of hydrogen-bond acceptors (Lipinski definition) is 3. The zero-order valence-corrected chi connectivity index (χ0v) is 18.6. The van der Waals surface area contributed by atoms with Crippen LogP contribution in [0.2, 0.25) is 5.02 Å². The number of piperidine rings is 1. The molecule has 3 rings (SSSR count). The number of para-hydroxylation sites is 1. The molecule has 2 atom stereocenters. The first-order valence-corrected chi connectivity index (χ1v) is 10.9. The summed E-state index contributed by atoms with van der Waals surface area (Å²) in [6.45, 7) is 5.94. The Hall–Kier alpha value is -2.86. The average molecular weight is 442 g/mol. The van der Waals surface area contributed by atoms with Crippen molar-refractivity contribution in [2.24, 2.45) is 11.8 Å². The first-order chi connectivity index (χ1) is 14.8. The van der Waals surface area contributed by atoms with Crippen LogP contribution in [0.5, 0.6) is 0 Å². The minimum Gasteiger partial charge on any atom is -0.352 e. The number of amides is 3. The fourth-order valence-electron chi connectivity index (χ4n) is 3.98. The molecule has 0 radical (unpaired) electrons. The minimum atomic E-state index is -0.270. The molecule has 0 bridgehead atoms. The van der Waals surface area contributed by atoms with Crippen LogP contribution in [0.4, 0.5) is 5.69 Å². The summed E-state index contributed by atoms with van der Waals surface area (Å²) in [6.07, 6.45) is 1.21. The molecule has 3 amide bonds. The van der Waals surface area contributed by atoms with E-state index in [1.54, 1.807) is 48.5 Å². The standard InChI is InChI=1S/C24H28ClN3O3/c1-16-13-17(2)15-28(14-16)24(31)20-5-3-4-6-21(20)27-22(29)11-12-26-23(30)18-7-9-19(25)10-8-18/h3-10,16-17H,11-15H2,1-2H3,(H,26,30)(H,27,29). The van der Waals surface area contributed by atoms with E-state index in [2.05, 4.69) is 24.5 Å². The molecule has 0 aliphatic carbocycles. The molecule has 0 saturated carbocycles. The van der Waals surface area contributed by atoms with Gasteiger partial charge in [-0.2, -0.15) is 0 Å². The van der Waals surface area contributed by atoms with Gasteiger partial charge in [0, 0.05) is 36.6 Å². The molecular formula is C24H28ClN3O3. The minimum absolute atomic E-state index is 0.0645. The summed E-state index contributed by atoms with van der Waals surface area (Å²) in [5.74, 6) is 0.313. The first-order valence-electron chi connectivity index (χ1n) is 10.6. The van der Waals surface area contributed by atoms with Crippen molar-refractivity contribution in [2.45, 2.75) is 26.7 Å². The molecule has 31 heavy (non-hydrogen) atoms. The van der Waals surface area contributed by atoms with E-state index in [0.717, 1.165) is 19.5 Å². The van der Waals surface area contributed by atoms with E-state index in [0.29, 0.717) is 33.7 Å². The van der Waals surface area contributed by atoms with Gasteiger partial charge in [0.25, 0.3) is 11.8 Å². The van der Waals surface area contributed by atoms with Crippen LogP contribution in [0.1, 0.15) is 47.4 Å². The second-order valence-electron chi connectivity index (χ2n) is 8.26. The summed E-state index contributed by atoms with van der Waals surface area (Å²) in [4.78, 5) is 39.5. The largest absolute Gasteiger partial charge is 0.352 e. The summed E-state index contributed by atoms with van der Waals surface area (Å²) in [5.41, 5.74) is 1.46. The van der Waals surface area contributed by atoms with Gasteiger partial charge >= 0.3 is 0 Å². The number of likely N-dealkylation sites (tertiary alicyclic amines) is 1. The molecule has 1 saturated heterocycles. The van der Waals surface area contributed by atoms with Crippen molar-refractivity contribution in [1.29, 1.82) is 0 Å². The van der Waals surface area contributed by atoms with E-state index in [-0.39, 0.29) is 30.7 Å². The fourth-order valence-corrected chi connectivity index (χ4v) is 4.11. The number of anilines is 1. The van der Waals surface area contributed by atoms with E-state index in [1.165, 1.54) is 0 Å². The molecular weight excluding hydrogens is 414 g/mol. The Bertz CT molecular complexity index is 935. The summed E-state index contributed by atoms with van der Waals surface area (Å²) in [7, 11) is 0. The third kappa shape index (κ3) is 6.31. The fraction of sp³-hybridized carbons (Fsp3) is 0.375. The van der Waals surface area contributed by atoms with Crippen LogP contribution >= 0.6 is 11.6 Å². The lowest BCUT2D eigenvalue weighted by molar-refractivity contribution is -0.116. The quantitative estimate of drug-likeness (QED) is 0.704. The number of carbonyl (C=O) groups excluding carboxylic acids is 3. The Morgan fingerprint density at radius 1 is 1.00 bits per heavy atom. The van der Waals surface area contributed by atoms with Gasteiger partial charge in [0.05, 0.1) is 11.3 Å². The highest BCUT2D eigenvalue weighted by Gasteiger charge is 2.27. The van der Waals surface area contributed by atoms with Crippen LogP contribution in [0, 0.1) is 11.8 Å². The van der Waals surface area contributed by atoms with Gasteiger partial charge < -0.3 is 15.5 Å². The van der Waals surface area contributed by atoms with Crippen molar-refractivity contribution in [1.82, 2.24) is 10.2 Å². The highest BCUT2D eigenvalue weighted by Crippen LogP contribution is 2.25. The molecule has 0 aromatic heterocycles. The predicted molar refractivity (Wildman–Crippen MR) is 122 cm³/mol. The molecule has 2 N–H and O–H groups in total. The van der Waals surface area contributed by atoms with Crippen molar-refractivity contribution in [3.8, 4) is 0 Å². The molecule has 1 fully saturated rings. The maximum absolute atomic E-state index is 13.1. The average Bonchev–Trinajstić information content (AvgIpc) is 2.73. The van der Waals surface area contributed by atoms with Gasteiger partial charge in [0.15, 0.2) is 0 Å². The summed E-state index contributed by atoms with van der Waals surface area (Å²) < 4.78 is 0. The Kier molecular flexibility index (Phi) is 7.69. The molecule has 0 spiro atoms. The lowest BCUT2D eigenvalue weighted by Crippen LogP contribution is -2.42. The molecule has 2 aromatic rings. The van der Waals surface area contributed by atoms with Crippen molar-refractivity contribution in [2.75, 3.05) is 25.0 Å². The summed E-state index contributed by atoms with van der Waals surface area (Å²) in [5, 5.41) is 6.09. The molecule has 1 aliphatic rings. The number of benzene rings is 2. The SMILES string of the molecule is CC1CC(C)CN(C(=O)c2ccccc2NC(=O)CCNC(=O)c2ccc(Cl)cc2)C1. The maximum Gasteiger partial charge on any atom is 0.255 e. The first kappa shape index (κ1) is 22.8. The zero-order valence-electron chi connectivity index (χ0n) is 17.9. The topological polar surface area (TPSA) is 78.5 Å². The van der Waals surface area contributed by atoms with E-state index in [9.17, 15) is 14.4 Å². The third-order valence-electron chi connectivity index (χ3n) is 5.33. The lowest BCUT2D eigenvalue weighted by Gasteiger charge is -2.35. The van der Waals surface area contributed by atoms with E-state index < -0.39 is 0 Å². The van der Waals surface area contributed by atoms with Crippen molar-refractivity contribution in [3.63, 3.8) is 0 Å². The van der Waals surface area contributed by atoms with Crippen molar-refractivity contribution >= 4 is 35.0 Å². The van der Waals surface area contributed by atoms with Crippen LogP contribution in [0.15, 0.2) is 48.5 Å². The van der Waals surface area contributed by atoms with Crippen LogP contribution in [-0.4, -0.2) is 42.3 Å². The predicted octanol–water partition coefficient (Wildman–Crippen LogP) is 4.22. The maximum atomic E-state index is 13.1. The normalized spacial score (nSPS) is 18.4. The third-order valence-corrected chi connectivity index (χ3v) is 5.58. The number of hydrogen-bond donors (Lipinski definition) is 2. The Morgan fingerprint density at radius 3 is 2.32 bits per heavy atom. The Labute approximate surface area is 188 Å². The molecule has 2 aromatic carbocycles. The van der Waals surface area contributed by atoms with Gasteiger partial charge in [-0.25, -0.2) is 0 Å². The molecule has 2 unspecified atom stereocenters. The Balaban J connectivity index is 1.56. The molecule has 1 heterocycles. The number of rotatable bonds is 6. The number of nitrogens with one attached hydrogen (secondary N) is 2. The van der Waals surface area contributed by atoms with Gasteiger partial charge in [0.2, 0.25) is 5.91 Å². The smallest absolute Gasteiger partial charge is 0.255 e. The van der Waals surface area contributed by atoms with E-state index in [1.807, 2.05) is 4.90 Å². The van der Waals surface area contributed by atoms with Crippen LogP contribution < -0.4 is 10.6 Å². The van der Waals surface area contributed by atoms with Gasteiger partial charge in [-0.15, -0.1) is 0 Å². The van der Waals surface area contributed by atoms with Crippen LogP contribution in [0.3, 0.4) is 0 Å². The number of nitrogens with zero attached hydrogens (tertiary/aromatic N) is 1. The van der Waals surface area contributed by atoms with Gasteiger partial charge in [-0.05, 0) is 54.7 Å². The van der Waals surface area contributed by atoms with Crippen molar-refractivity contribution < 1.29 is 14.4 Å². The zero-order chi connectivity index (χ0) is 22.4. The van der Waals surface area contributed by atoms with Crippen LogP contribution in [-0.2, 0) is 4.79 Å². The lowest BCUT2D eigenvalue weighted by atomic mass is 9.91.